The highest BCUT2D eigenvalue weighted by Crippen LogP contribution is 2.23. The van der Waals surface area contributed by atoms with E-state index in [4.69, 9.17) is 0 Å². The van der Waals surface area contributed by atoms with E-state index in [0.29, 0.717) is 12.5 Å². The third-order valence-corrected chi connectivity index (χ3v) is 3.74. The molecule has 116 valence electrons. The van der Waals surface area contributed by atoms with Crippen LogP contribution in [-0.2, 0) is 9.59 Å². The van der Waals surface area contributed by atoms with Crippen molar-refractivity contribution in [3.8, 4) is 0 Å². The number of rotatable bonds is 4. The molecule has 1 fully saturated rings. The second-order valence-electron chi connectivity index (χ2n) is 7.31. The largest absolute Gasteiger partial charge is 0.356 e. The minimum atomic E-state index is -0.365. The van der Waals surface area contributed by atoms with Crippen molar-refractivity contribution in [2.45, 2.75) is 53.9 Å². The van der Waals surface area contributed by atoms with Crippen LogP contribution in [0, 0.1) is 17.3 Å². The Labute approximate surface area is 123 Å². The number of amides is 2. The monoisotopic (exact) mass is 282 g/mol. The summed E-state index contributed by atoms with van der Waals surface area (Å²) in [5, 5.41) is 3.01. The molecule has 2 amide bonds. The Morgan fingerprint density at radius 2 is 1.95 bits per heavy atom. The van der Waals surface area contributed by atoms with Crippen molar-refractivity contribution in [2.75, 3.05) is 19.6 Å². The first-order chi connectivity index (χ1) is 9.21. The van der Waals surface area contributed by atoms with Crippen LogP contribution in [0.2, 0.25) is 0 Å². The predicted molar refractivity (Wildman–Crippen MR) is 81.2 cm³/mol. The van der Waals surface area contributed by atoms with Crippen molar-refractivity contribution in [1.29, 1.82) is 0 Å². The number of carbonyl (C=O) groups excluding carboxylic acids is 2. The van der Waals surface area contributed by atoms with E-state index in [9.17, 15) is 9.59 Å². The Bertz CT molecular complexity index is 345. The van der Waals surface area contributed by atoms with Gasteiger partial charge in [-0.3, -0.25) is 9.59 Å². The van der Waals surface area contributed by atoms with Gasteiger partial charge in [-0.2, -0.15) is 0 Å². The van der Waals surface area contributed by atoms with Gasteiger partial charge in [0.25, 0.3) is 0 Å². The Morgan fingerprint density at radius 3 is 2.50 bits per heavy atom. The molecule has 0 aliphatic carbocycles. The van der Waals surface area contributed by atoms with Gasteiger partial charge in [0.05, 0.1) is 5.92 Å². The summed E-state index contributed by atoms with van der Waals surface area (Å²) in [5.41, 5.74) is -0.365. The predicted octanol–water partition coefficient (Wildman–Crippen LogP) is 2.43. The second kappa shape index (κ2) is 7.09. The van der Waals surface area contributed by atoms with E-state index in [1.165, 1.54) is 0 Å². The summed E-state index contributed by atoms with van der Waals surface area (Å²) in [6.07, 6.45) is 2.81. The van der Waals surface area contributed by atoms with Crippen molar-refractivity contribution >= 4 is 11.8 Å². The molecule has 1 atom stereocenters. The molecule has 0 saturated carbocycles. The van der Waals surface area contributed by atoms with Gasteiger partial charge in [-0.15, -0.1) is 0 Å². The average Bonchev–Trinajstić information content (AvgIpc) is 2.36. The smallest absolute Gasteiger partial charge is 0.227 e. The van der Waals surface area contributed by atoms with Crippen LogP contribution < -0.4 is 5.32 Å². The summed E-state index contributed by atoms with van der Waals surface area (Å²) < 4.78 is 0. The van der Waals surface area contributed by atoms with Crippen LogP contribution in [0.5, 0.6) is 0 Å². The van der Waals surface area contributed by atoms with Crippen molar-refractivity contribution in [2.24, 2.45) is 17.3 Å². The normalized spacial score (nSPS) is 20.1. The lowest BCUT2D eigenvalue weighted by molar-refractivity contribution is -0.142. The van der Waals surface area contributed by atoms with Crippen LogP contribution in [0.1, 0.15) is 53.9 Å². The maximum Gasteiger partial charge on any atom is 0.227 e. The first kappa shape index (κ1) is 17.0. The molecule has 1 heterocycles. The van der Waals surface area contributed by atoms with Crippen molar-refractivity contribution < 1.29 is 9.59 Å². The molecule has 0 aromatic heterocycles. The fraction of sp³-hybridized carbons (Fsp3) is 0.875. The van der Waals surface area contributed by atoms with Crippen molar-refractivity contribution in [1.82, 2.24) is 10.2 Å². The highest BCUT2D eigenvalue weighted by Gasteiger charge is 2.33. The molecule has 0 radical (unpaired) electrons. The standard InChI is InChI=1S/C16H30N2O2/c1-12(2)8-9-17-14(19)13-7-6-10-18(11-13)15(20)16(3,4)5/h12-13H,6-11H2,1-5H3,(H,17,19)/t13-/m1/s1. The molecule has 1 aliphatic heterocycles. The Balaban J connectivity index is 2.48. The molecular weight excluding hydrogens is 252 g/mol. The minimum absolute atomic E-state index is 0.0396. The van der Waals surface area contributed by atoms with E-state index in [1.807, 2.05) is 25.7 Å². The van der Waals surface area contributed by atoms with Gasteiger partial charge in [-0.05, 0) is 25.2 Å². The van der Waals surface area contributed by atoms with Gasteiger partial charge in [-0.1, -0.05) is 34.6 Å². The van der Waals surface area contributed by atoms with Gasteiger partial charge in [-0.25, -0.2) is 0 Å². The number of piperidine rings is 1. The molecule has 4 nitrogen and oxygen atoms in total. The summed E-state index contributed by atoms with van der Waals surface area (Å²) in [6.45, 7) is 12.2. The van der Waals surface area contributed by atoms with Crippen LogP contribution in [0.25, 0.3) is 0 Å². The number of nitrogens with one attached hydrogen (secondary N) is 1. The molecule has 4 heteroatoms. The molecule has 1 aliphatic rings. The lowest BCUT2D eigenvalue weighted by Gasteiger charge is -2.35. The summed E-state index contributed by atoms with van der Waals surface area (Å²) in [6, 6.07) is 0. The number of hydrogen-bond acceptors (Lipinski definition) is 2. The van der Waals surface area contributed by atoms with Crippen LogP contribution in [0.4, 0.5) is 0 Å². The van der Waals surface area contributed by atoms with Gasteiger partial charge in [0, 0.05) is 25.0 Å². The Hall–Kier alpha value is -1.06. The average molecular weight is 282 g/mol. The van der Waals surface area contributed by atoms with Gasteiger partial charge in [0.15, 0.2) is 0 Å². The fourth-order valence-electron chi connectivity index (χ4n) is 2.48. The van der Waals surface area contributed by atoms with E-state index in [-0.39, 0.29) is 23.1 Å². The maximum atomic E-state index is 12.3. The number of hydrogen-bond donors (Lipinski definition) is 1. The lowest BCUT2D eigenvalue weighted by atomic mass is 9.91. The summed E-state index contributed by atoms with van der Waals surface area (Å²) in [7, 11) is 0. The van der Waals surface area contributed by atoms with Crippen LogP contribution in [0.15, 0.2) is 0 Å². The molecule has 1 rings (SSSR count). The first-order valence-corrected chi connectivity index (χ1v) is 7.79. The zero-order valence-corrected chi connectivity index (χ0v) is 13.7. The van der Waals surface area contributed by atoms with Gasteiger partial charge in [0.1, 0.15) is 0 Å². The molecule has 1 saturated heterocycles. The molecule has 0 aromatic carbocycles. The minimum Gasteiger partial charge on any atom is -0.356 e. The topological polar surface area (TPSA) is 49.4 Å². The highest BCUT2D eigenvalue weighted by molar-refractivity contribution is 5.83. The van der Waals surface area contributed by atoms with Gasteiger partial charge < -0.3 is 10.2 Å². The van der Waals surface area contributed by atoms with Crippen molar-refractivity contribution in [3.63, 3.8) is 0 Å². The summed E-state index contributed by atoms with van der Waals surface area (Å²) in [5.74, 6) is 0.817. The van der Waals surface area contributed by atoms with Gasteiger partial charge in [0.2, 0.25) is 11.8 Å². The van der Waals surface area contributed by atoms with E-state index in [2.05, 4.69) is 19.2 Å². The summed E-state index contributed by atoms with van der Waals surface area (Å²) >= 11 is 0. The Kier molecular flexibility index (Phi) is 6.03. The molecule has 0 unspecified atom stereocenters. The summed E-state index contributed by atoms with van der Waals surface area (Å²) in [4.78, 5) is 26.3. The van der Waals surface area contributed by atoms with Crippen molar-refractivity contribution in [3.05, 3.63) is 0 Å². The van der Waals surface area contributed by atoms with E-state index >= 15 is 0 Å². The van der Waals surface area contributed by atoms with E-state index in [1.54, 1.807) is 0 Å². The van der Waals surface area contributed by atoms with Crippen LogP contribution in [0.3, 0.4) is 0 Å². The third kappa shape index (κ3) is 5.14. The van der Waals surface area contributed by atoms with Crippen LogP contribution >= 0.6 is 0 Å². The maximum absolute atomic E-state index is 12.3. The molecule has 0 bridgehead atoms. The van der Waals surface area contributed by atoms with E-state index in [0.717, 1.165) is 32.4 Å². The number of carbonyl (C=O) groups is 2. The van der Waals surface area contributed by atoms with E-state index < -0.39 is 0 Å². The molecule has 0 aromatic rings. The third-order valence-electron chi connectivity index (χ3n) is 3.74. The molecule has 0 spiro atoms. The lowest BCUT2D eigenvalue weighted by Crippen LogP contribution is -2.48. The fourth-order valence-corrected chi connectivity index (χ4v) is 2.48. The molecular formula is C16H30N2O2. The number of likely N-dealkylation sites (tertiary alicyclic amines) is 1. The van der Waals surface area contributed by atoms with Gasteiger partial charge >= 0.3 is 0 Å². The Morgan fingerprint density at radius 1 is 1.30 bits per heavy atom. The second-order valence-corrected chi connectivity index (χ2v) is 7.31. The number of nitrogens with zero attached hydrogens (tertiary/aromatic N) is 1. The SMILES string of the molecule is CC(C)CCNC(=O)[C@@H]1CCCN(C(=O)C(C)(C)C)C1. The molecule has 20 heavy (non-hydrogen) atoms. The zero-order chi connectivity index (χ0) is 15.3. The zero-order valence-electron chi connectivity index (χ0n) is 13.7. The molecule has 1 N–H and O–H groups in total. The first-order valence-electron chi connectivity index (χ1n) is 7.79. The quantitative estimate of drug-likeness (QED) is 0.861. The highest BCUT2D eigenvalue weighted by atomic mass is 16.2. The van der Waals surface area contributed by atoms with Crippen LogP contribution in [-0.4, -0.2) is 36.3 Å².